The molecule has 1 aromatic rings. The molecule has 1 heterocycles. The standard InChI is InChI=1S/C6H7F3N4O/c1-3-11-12-4(2-10)13(3)5(14)6(7,8)9/h2,10H2,1H3. The minimum atomic E-state index is -4.95. The number of nitrogens with two attached hydrogens (primary N) is 1. The van der Waals surface area contributed by atoms with Gasteiger partial charge in [-0.2, -0.15) is 13.2 Å². The van der Waals surface area contributed by atoms with Crippen LogP contribution in [0.2, 0.25) is 0 Å². The highest BCUT2D eigenvalue weighted by molar-refractivity contribution is 5.85. The summed E-state index contributed by atoms with van der Waals surface area (Å²) in [6.45, 7) is 0.971. The smallest absolute Gasteiger partial charge is 0.324 e. The Labute approximate surface area is 76.7 Å². The van der Waals surface area contributed by atoms with E-state index in [4.69, 9.17) is 5.73 Å². The van der Waals surface area contributed by atoms with E-state index in [1.165, 1.54) is 6.92 Å². The maximum Gasteiger partial charge on any atom is 0.472 e. The zero-order valence-electron chi connectivity index (χ0n) is 7.17. The largest absolute Gasteiger partial charge is 0.472 e. The average Bonchev–Trinajstić information content (AvgIpc) is 2.43. The first-order valence-electron chi connectivity index (χ1n) is 3.60. The van der Waals surface area contributed by atoms with Gasteiger partial charge in [0.25, 0.3) is 0 Å². The third-order valence-electron chi connectivity index (χ3n) is 1.52. The van der Waals surface area contributed by atoms with Crippen LogP contribution >= 0.6 is 0 Å². The van der Waals surface area contributed by atoms with Gasteiger partial charge in [0.2, 0.25) is 0 Å². The summed E-state index contributed by atoms with van der Waals surface area (Å²) in [6.07, 6.45) is -4.95. The van der Waals surface area contributed by atoms with Crippen molar-refractivity contribution in [1.82, 2.24) is 14.8 Å². The minimum Gasteiger partial charge on any atom is -0.324 e. The fourth-order valence-electron chi connectivity index (χ4n) is 0.929. The molecule has 0 spiro atoms. The Kier molecular flexibility index (Phi) is 2.56. The third kappa shape index (κ3) is 1.74. The number of nitrogens with zero attached hydrogens (tertiary/aromatic N) is 3. The molecule has 2 N–H and O–H groups in total. The number of hydrogen-bond donors (Lipinski definition) is 1. The Morgan fingerprint density at radius 1 is 1.50 bits per heavy atom. The number of rotatable bonds is 1. The van der Waals surface area contributed by atoms with Crippen LogP contribution in [-0.4, -0.2) is 26.8 Å². The van der Waals surface area contributed by atoms with Crippen molar-refractivity contribution in [1.29, 1.82) is 0 Å². The quantitative estimate of drug-likeness (QED) is 0.717. The van der Waals surface area contributed by atoms with Gasteiger partial charge >= 0.3 is 12.1 Å². The lowest BCUT2D eigenvalue weighted by Gasteiger charge is -2.08. The summed E-state index contributed by atoms with van der Waals surface area (Å²) in [5.74, 6) is -2.36. The van der Waals surface area contributed by atoms with Gasteiger partial charge in [0, 0.05) is 0 Å². The molecular formula is C6H7F3N4O. The first-order valence-corrected chi connectivity index (χ1v) is 3.60. The third-order valence-corrected chi connectivity index (χ3v) is 1.52. The lowest BCUT2D eigenvalue weighted by molar-refractivity contribution is -0.0950. The molecule has 0 bridgehead atoms. The van der Waals surface area contributed by atoms with Gasteiger partial charge in [-0.05, 0) is 6.92 Å². The molecule has 14 heavy (non-hydrogen) atoms. The molecule has 0 aliphatic carbocycles. The molecule has 0 radical (unpaired) electrons. The molecule has 0 fully saturated rings. The lowest BCUT2D eigenvalue weighted by Crippen LogP contribution is -2.31. The van der Waals surface area contributed by atoms with E-state index >= 15 is 0 Å². The maximum absolute atomic E-state index is 12.0. The summed E-state index contributed by atoms with van der Waals surface area (Å²) in [5.41, 5.74) is 5.10. The Morgan fingerprint density at radius 2 is 2.07 bits per heavy atom. The van der Waals surface area contributed by atoms with Crippen molar-refractivity contribution in [3.63, 3.8) is 0 Å². The van der Waals surface area contributed by atoms with Crippen molar-refractivity contribution in [2.24, 2.45) is 5.73 Å². The van der Waals surface area contributed by atoms with Crippen LogP contribution in [0.3, 0.4) is 0 Å². The van der Waals surface area contributed by atoms with Gasteiger partial charge in [-0.1, -0.05) is 0 Å². The van der Waals surface area contributed by atoms with E-state index in [9.17, 15) is 18.0 Å². The van der Waals surface area contributed by atoms with Crippen LogP contribution in [0, 0.1) is 6.92 Å². The van der Waals surface area contributed by atoms with Gasteiger partial charge in [0.15, 0.2) is 5.82 Å². The second-order valence-corrected chi connectivity index (χ2v) is 2.51. The molecule has 1 aromatic heterocycles. The number of carbonyl (C=O) groups excluding carboxylic acids is 1. The zero-order valence-corrected chi connectivity index (χ0v) is 7.17. The van der Waals surface area contributed by atoms with Crippen molar-refractivity contribution in [2.75, 3.05) is 0 Å². The lowest BCUT2D eigenvalue weighted by atomic mass is 10.5. The van der Waals surface area contributed by atoms with Gasteiger partial charge in [-0.25, -0.2) is 4.57 Å². The Hall–Kier alpha value is -1.44. The van der Waals surface area contributed by atoms with Crippen molar-refractivity contribution >= 4 is 5.91 Å². The fourth-order valence-corrected chi connectivity index (χ4v) is 0.929. The number of aromatic nitrogens is 3. The predicted octanol–water partition coefficient (Wildman–Crippen LogP) is 0.248. The average molecular weight is 208 g/mol. The Bertz CT molecular complexity index is 356. The van der Waals surface area contributed by atoms with Crippen molar-refractivity contribution in [3.05, 3.63) is 11.6 Å². The van der Waals surface area contributed by atoms with E-state index in [1.807, 2.05) is 0 Å². The van der Waals surface area contributed by atoms with E-state index < -0.39 is 12.1 Å². The molecule has 0 aliphatic heterocycles. The number of halogens is 3. The molecule has 1 rings (SSSR count). The number of hydrogen-bond acceptors (Lipinski definition) is 4. The SMILES string of the molecule is Cc1nnc(CN)n1C(=O)C(F)(F)F. The van der Waals surface area contributed by atoms with Crippen LogP contribution in [0.15, 0.2) is 0 Å². The molecule has 0 amide bonds. The molecular weight excluding hydrogens is 201 g/mol. The summed E-state index contributed by atoms with van der Waals surface area (Å²) in [7, 11) is 0. The molecule has 0 saturated carbocycles. The highest BCUT2D eigenvalue weighted by Crippen LogP contribution is 2.19. The highest BCUT2D eigenvalue weighted by Gasteiger charge is 2.41. The van der Waals surface area contributed by atoms with Crippen LogP contribution in [0.5, 0.6) is 0 Å². The second-order valence-electron chi connectivity index (χ2n) is 2.51. The van der Waals surface area contributed by atoms with E-state index in [0.717, 1.165) is 0 Å². The number of aryl methyl sites for hydroxylation is 1. The summed E-state index contributed by atoms with van der Waals surface area (Å²) in [4.78, 5) is 10.8. The molecule has 0 aliphatic rings. The first-order chi connectivity index (χ1) is 6.38. The topological polar surface area (TPSA) is 73.8 Å². The van der Waals surface area contributed by atoms with Gasteiger partial charge in [0.1, 0.15) is 5.82 Å². The summed E-state index contributed by atoms with van der Waals surface area (Å²) in [5, 5.41) is 6.67. The zero-order chi connectivity index (χ0) is 10.9. The van der Waals surface area contributed by atoms with Crippen LogP contribution in [-0.2, 0) is 6.54 Å². The molecule has 0 atom stereocenters. The second kappa shape index (κ2) is 3.37. The van der Waals surface area contributed by atoms with E-state index in [0.29, 0.717) is 4.57 Å². The van der Waals surface area contributed by atoms with Crippen LogP contribution in [0.1, 0.15) is 16.4 Å². The van der Waals surface area contributed by atoms with Crippen molar-refractivity contribution < 1.29 is 18.0 Å². The summed E-state index contributed by atoms with van der Waals surface area (Å²) >= 11 is 0. The summed E-state index contributed by atoms with van der Waals surface area (Å²) in [6, 6.07) is 0. The minimum absolute atomic E-state index is 0.132. The normalized spacial score (nSPS) is 11.8. The molecule has 0 saturated heterocycles. The highest BCUT2D eigenvalue weighted by atomic mass is 19.4. The van der Waals surface area contributed by atoms with Gasteiger partial charge in [-0.3, -0.25) is 4.79 Å². The van der Waals surface area contributed by atoms with Crippen LogP contribution < -0.4 is 5.73 Å². The molecule has 0 aromatic carbocycles. The van der Waals surface area contributed by atoms with E-state index in [1.54, 1.807) is 0 Å². The molecule has 8 heteroatoms. The van der Waals surface area contributed by atoms with E-state index in [-0.39, 0.29) is 18.2 Å². The van der Waals surface area contributed by atoms with Crippen molar-refractivity contribution in [3.8, 4) is 0 Å². The molecule has 78 valence electrons. The number of alkyl halides is 3. The van der Waals surface area contributed by atoms with Crippen molar-refractivity contribution in [2.45, 2.75) is 19.6 Å². The summed E-state index contributed by atoms with van der Waals surface area (Å²) < 4.78 is 36.5. The maximum atomic E-state index is 12.0. The fraction of sp³-hybridized carbons (Fsp3) is 0.500. The predicted molar refractivity (Wildman–Crippen MR) is 39.3 cm³/mol. The van der Waals surface area contributed by atoms with Crippen LogP contribution in [0.4, 0.5) is 13.2 Å². The first kappa shape index (κ1) is 10.6. The molecule has 0 unspecified atom stereocenters. The van der Waals surface area contributed by atoms with E-state index in [2.05, 4.69) is 10.2 Å². The Balaban J connectivity index is 3.18. The Morgan fingerprint density at radius 3 is 2.50 bits per heavy atom. The van der Waals surface area contributed by atoms with Gasteiger partial charge in [-0.15, -0.1) is 10.2 Å². The van der Waals surface area contributed by atoms with Gasteiger partial charge < -0.3 is 5.73 Å². The number of carbonyl (C=O) groups is 1. The van der Waals surface area contributed by atoms with Gasteiger partial charge in [0.05, 0.1) is 6.54 Å². The monoisotopic (exact) mass is 208 g/mol. The van der Waals surface area contributed by atoms with Crippen LogP contribution in [0.25, 0.3) is 0 Å². The molecule has 5 nitrogen and oxygen atoms in total.